The molecule has 0 saturated heterocycles. The minimum Gasteiger partial charge on any atom is -0.494 e. The van der Waals surface area contributed by atoms with Gasteiger partial charge in [0.15, 0.2) is 17.0 Å². The van der Waals surface area contributed by atoms with E-state index in [1.165, 1.54) is 25.3 Å². The van der Waals surface area contributed by atoms with E-state index in [0.717, 1.165) is 5.56 Å². The molecule has 3 nitrogen and oxygen atoms in total. The minimum absolute atomic E-state index is 0.0397. The Hall–Kier alpha value is -2.10. The Morgan fingerprint density at radius 2 is 1.94 bits per heavy atom. The zero-order chi connectivity index (χ0) is 12.3. The van der Waals surface area contributed by atoms with E-state index in [-0.39, 0.29) is 17.0 Å². The van der Waals surface area contributed by atoms with Gasteiger partial charge in [-0.15, -0.1) is 0 Å². The number of halogens is 1. The fraction of sp³-hybridized carbons (Fsp3) is 0.154. The summed E-state index contributed by atoms with van der Waals surface area (Å²) in [4.78, 5) is 10.9. The number of rotatable bonds is 3. The number of ether oxygens (including phenoxy) is 1. The third-order valence-electron chi connectivity index (χ3n) is 2.44. The summed E-state index contributed by atoms with van der Waals surface area (Å²) in [5.41, 5.74) is 0.772. The lowest BCUT2D eigenvalue weighted by atomic mass is 10.2. The van der Waals surface area contributed by atoms with Crippen molar-refractivity contribution in [2.45, 2.75) is 6.54 Å². The number of hydrogen-bond donors (Lipinski definition) is 0. The first kappa shape index (κ1) is 11.4. The van der Waals surface area contributed by atoms with E-state index in [2.05, 4.69) is 0 Å². The first-order chi connectivity index (χ1) is 8.19. The second kappa shape index (κ2) is 4.82. The van der Waals surface area contributed by atoms with E-state index in [1.807, 2.05) is 4.57 Å². The molecule has 0 aliphatic carbocycles. The van der Waals surface area contributed by atoms with Crippen LogP contribution in [-0.2, 0) is 6.54 Å². The van der Waals surface area contributed by atoms with Crippen LogP contribution in [0.3, 0.4) is 0 Å². The topological polar surface area (TPSA) is 31.2 Å². The van der Waals surface area contributed by atoms with Crippen molar-refractivity contribution in [3.05, 3.63) is 64.3 Å². The molecule has 0 aliphatic rings. The summed E-state index contributed by atoms with van der Waals surface area (Å²) in [6, 6.07) is 7.75. The van der Waals surface area contributed by atoms with Gasteiger partial charge in [-0.05, 0) is 17.7 Å². The van der Waals surface area contributed by atoms with Crippen molar-refractivity contribution in [3.8, 4) is 5.75 Å². The van der Waals surface area contributed by atoms with Gasteiger partial charge < -0.3 is 9.30 Å². The fourth-order valence-corrected chi connectivity index (χ4v) is 1.57. The SMILES string of the molecule is COc1ccc(Cn2ccc(=O)cc2)cc1F. The second-order valence-electron chi connectivity index (χ2n) is 3.68. The van der Waals surface area contributed by atoms with Gasteiger partial charge in [-0.1, -0.05) is 6.07 Å². The molecule has 0 N–H and O–H groups in total. The molecule has 2 aromatic rings. The summed E-state index contributed by atoms with van der Waals surface area (Å²) < 4.78 is 20.1. The zero-order valence-corrected chi connectivity index (χ0v) is 9.39. The molecular formula is C13H12FNO2. The van der Waals surface area contributed by atoms with E-state index in [0.29, 0.717) is 6.54 Å². The van der Waals surface area contributed by atoms with Crippen molar-refractivity contribution in [2.24, 2.45) is 0 Å². The predicted octanol–water partition coefficient (Wildman–Crippen LogP) is 2.04. The lowest BCUT2D eigenvalue weighted by Gasteiger charge is -2.07. The molecule has 2 rings (SSSR count). The van der Waals surface area contributed by atoms with E-state index in [1.54, 1.807) is 24.5 Å². The summed E-state index contributed by atoms with van der Waals surface area (Å²) >= 11 is 0. The first-order valence-corrected chi connectivity index (χ1v) is 5.17. The van der Waals surface area contributed by atoms with Crippen LogP contribution in [0.1, 0.15) is 5.56 Å². The number of benzene rings is 1. The molecule has 0 radical (unpaired) electrons. The highest BCUT2D eigenvalue weighted by atomic mass is 19.1. The molecule has 4 heteroatoms. The van der Waals surface area contributed by atoms with Gasteiger partial charge in [-0.3, -0.25) is 4.79 Å². The third kappa shape index (κ3) is 2.72. The van der Waals surface area contributed by atoms with Gasteiger partial charge in [0.05, 0.1) is 7.11 Å². The smallest absolute Gasteiger partial charge is 0.181 e. The maximum atomic E-state index is 13.4. The molecule has 0 fully saturated rings. The van der Waals surface area contributed by atoms with Crippen LogP contribution < -0.4 is 10.2 Å². The third-order valence-corrected chi connectivity index (χ3v) is 2.44. The fourth-order valence-electron chi connectivity index (χ4n) is 1.57. The largest absolute Gasteiger partial charge is 0.494 e. The highest BCUT2D eigenvalue weighted by Crippen LogP contribution is 2.18. The number of hydrogen-bond acceptors (Lipinski definition) is 2. The van der Waals surface area contributed by atoms with E-state index >= 15 is 0 Å². The Morgan fingerprint density at radius 1 is 1.24 bits per heavy atom. The minimum atomic E-state index is -0.383. The van der Waals surface area contributed by atoms with Gasteiger partial charge >= 0.3 is 0 Å². The van der Waals surface area contributed by atoms with Crippen molar-refractivity contribution >= 4 is 0 Å². The maximum absolute atomic E-state index is 13.4. The van der Waals surface area contributed by atoms with Crippen LogP contribution in [0.15, 0.2) is 47.5 Å². The van der Waals surface area contributed by atoms with Crippen molar-refractivity contribution in [2.75, 3.05) is 7.11 Å². The molecule has 1 aromatic heterocycles. The van der Waals surface area contributed by atoms with Crippen LogP contribution in [0.4, 0.5) is 4.39 Å². The van der Waals surface area contributed by atoms with Crippen LogP contribution in [-0.4, -0.2) is 11.7 Å². The monoisotopic (exact) mass is 233 g/mol. The molecule has 0 aliphatic heterocycles. The van der Waals surface area contributed by atoms with Gasteiger partial charge in [0, 0.05) is 31.1 Å². The average Bonchev–Trinajstić information content (AvgIpc) is 2.32. The lowest BCUT2D eigenvalue weighted by molar-refractivity contribution is 0.386. The molecule has 0 bridgehead atoms. The summed E-state index contributed by atoms with van der Waals surface area (Å²) in [5.74, 6) is -0.153. The normalized spacial score (nSPS) is 10.2. The summed E-state index contributed by atoms with van der Waals surface area (Å²) in [7, 11) is 1.43. The van der Waals surface area contributed by atoms with Crippen LogP contribution >= 0.6 is 0 Å². The molecule has 1 aromatic carbocycles. The van der Waals surface area contributed by atoms with Crippen molar-refractivity contribution in [3.63, 3.8) is 0 Å². The number of methoxy groups -OCH3 is 1. The van der Waals surface area contributed by atoms with E-state index in [4.69, 9.17) is 4.74 Å². The van der Waals surface area contributed by atoms with E-state index < -0.39 is 0 Å². The van der Waals surface area contributed by atoms with Crippen molar-refractivity contribution in [1.82, 2.24) is 4.57 Å². The highest BCUT2D eigenvalue weighted by Gasteiger charge is 2.03. The molecule has 17 heavy (non-hydrogen) atoms. The van der Waals surface area contributed by atoms with Gasteiger partial charge in [-0.25, -0.2) is 4.39 Å². The highest BCUT2D eigenvalue weighted by molar-refractivity contribution is 5.29. The Bertz CT molecular complexity index is 557. The van der Waals surface area contributed by atoms with Gasteiger partial charge in [0.25, 0.3) is 0 Å². The Balaban J connectivity index is 2.21. The lowest BCUT2D eigenvalue weighted by Crippen LogP contribution is -2.05. The Labute approximate surface area is 98.1 Å². The van der Waals surface area contributed by atoms with Gasteiger partial charge in [0.1, 0.15) is 0 Å². The zero-order valence-electron chi connectivity index (χ0n) is 9.39. The predicted molar refractivity (Wildman–Crippen MR) is 62.8 cm³/mol. The Morgan fingerprint density at radius 3 is 2.53 bits per heavy atom. The molecule has 88 valence electrons. The van der Waals surface area contributed by atoms with Crippen LogP contribution in [0, 0.1) is 5.82 Å². The summed E-state index contributed by atoms with van der Waals surface area (Å²) in [5, 5.41) is 0. The average molecular weight is 233 g/mol. The summed E-state index contributed by atoms with van der Waals surface area (Å²) in [6.07, 6.45) is 3.34. The molecule has 0 saturated carbocycles. The van der Waals surface area contributed by atoms with Gasteiger partial charge in [0.2, 0.25) is 0 Å². The quantitative estimate of drug-likeness (QED) is 0.812. The molecule has 0 amide bonds. The van der Waals surface area contributed by atoms with Crippen molar-refractivity contribution in [1.29, 1.82) is 0 Å². The number of aromatic nitrogens is 1. The molecular weight excluding hydrogens is 221 g/mol. The van der Waals surface area contributed by atoms with Crippen LogP contribution in [0.5, 0.6) is 5.75 Å². The van der Waals surface area contributed by atoms with Crippen LogP contribution in [0.25, 0.3) is 0 Å². The number of pyridine rings is 1. The maximum Gasteiger partial charge on any atom is 0.181 e. The number of nitrogens with zero attached hydrogens (tertiary/aromatic N) is 1. The van der Waals surface area contributed by atoms with Crippen LogP contribution in [0.2, 0.25) is 0 Å². The molecule has 0 unspecified atom stereocenters. The summed E-state index contributed by atoms with van der Waals surface area (Å²) in [6.45, 7) is 0.515. The van der Waals surface area contributed by atoms with E-state index in [9.17, 15) is 9.18 Å². The first-order valence-electron chi connectivity index (χ1n) is 5.17. The standard InChI is InChI=1S/C13H12FNO2/c1-17-13-3-2-10(8-12(13)14)9-15-6-4-11(16)5-7-15/h2-8H,9H2,1H3. The molecule has 1 heterocycles. The molecule has 0 spiro atoms. The Kier molecular flexibility index (Phi) is 3.23. The van der Waals surface area contributed by atoms with Gasteiger partial charge in [-0.2, -0.15) is 0 Å². The molecule has 0 atom stereocenters. The van der Waals surface area contributed by atoms with Crippen molar-refractivity contribution < 1.29 is 9.13 Å². The second-order valence-corrected chi connectivity index (χ2v) is 3.68.